The van der Waals surface area contributed by atoms with Gasteiger partial charge in [0.15, 0.2) is 0 Å². The van der Waals surface area contributed by atoms with E-state index in [1.54, 1.807) is 87.5 Å². The van der Waals surface area contributed by atoms with Crippen LogP contribution in [-0.4, -0.2) is 83.1 Å². The van der Waals surface area contributed by atoms with Crippen molar-refractivity contribution in [3.8, 4) is 0 Å². The first kappa shape index (κ1) is 45.8. The van der Waals surface area contributed by atoms with Crippen LogP contribution in [0.25, 0.3) is 0 Å². The summed E-state index contributed by atoms with van der Waals surface area (Å²) in [5, 5.41) is 12.8. The van der Waals surface area contributed by atoms with Crippen LogP contribution in [0, 0.1) is 27.7 Å². The fraction of sp³-hybridized carbons (Fsp3) is 0.262. The second-order valence-corrected chi connectivity index (χ2v) is 12.9. The Balaban J connectivity index is 1.20. The number of aryl methyl sites for hydroxylation is 4. The zero-order chi connectivity index (χ0) is 44.3. The van der Waals surface area contributed by atoms with E-state index in [1.165, 1.54) is 20.3 Å². The van der Waals surface area contributed by atoms with E-state index >= 15 is 0 Å². The van der Waals surface area contributed by atoms with Crippen LogP contribution in [0.1, 0.15) is 27.8 Å². The van der Waals surface area contributed by atoms with Crippen molar-refractivity contribution in [1.29, 1.82) is 0 Å². The molecular formula is C42H45N7O12. The van der Waals surface area contributed by atoms with Gasteiger partial charge < -0.3 is 28.4 Å². The Morgan fingerprint density at radius 2 is 0.869 bits per heavy atom. The summed E-state index contributed by atoms with van der Waals surface area (Å²) in [6.07, 6.45) is -3.73. The molecule has 19 nitrogen and oxygen atoms in total. The number of esters is 1. The van der Waals surface area contributed by atoms with Crippen molar-refractivity contribution < 1.29 is 57.2 Å². The van der Waals surface area contributed by atoms with Gasteiger partial charge in [0.1, 0.15) is 32.4 Å². The minimum absolute atomic E-state index is 0.0634. The molecular weight excluding hydrogens is 794 g/mol. The molecule has 4 aromatic carbocycles. The van der Waals surface area contributed by atoms with E-state index in [1.807, 2.05) is 6.92 Å². The lowest BCUT2D eigenvalue weighted by Gasteiger charge is -2.12. The fourth-order valence-corrected chi connectivity index (χ4v) is 5.08. The zero-order valence-corrected chi connectivity index (χ0v) is 34.3. The van der Waals surface area contributed by atoms with Crippen molar-refractivity contribution in [1.82, 2.24) is 0 Å². The molecule has 4 aromatic rings. The number of ether oxygens (including phenoxy) is 6. The number of rotatable bonds is 15. The molecule has 320 valence electrons. The van der Waals surface area contributed by atoms with Crippen LogP contribution in [0.3, 0.4) is 0 Å². The molecule has 0 radical (unpaired) electrons. The van der Waals surface area contributed by atoms with Crippen molar-refractivity contribution in [2.75, 3.05) is 67.2 Å². The van der Waals surface area contributed by atoms with Crippen LogP contribution in [0.2, 0.25) is 0 Å². The standard InChI is InChI=1S/C42H45N7O12/c1-25-7-11-30(19-29(25)20-37(50)58-15-16-59-40(53)45-32-13-9-27(3)35(22-32)47-38(51)56-5)43-24-44-31-12-8-26(2)34(21-31)49-42(55)61-18-17-60-41(54)46-33-14-10-28(4)36(23-33)48-39(52)57-6/h7-14,19,21-23H,15-18,20H2,1-6H3,(H,45,53)(H,46,54)(H,47,51)(H,48,52)(H,49,55). The maximum Gasteiger partial charge on any atom is 0.411 e. The molecule has 0 spiro atoms. The largest absolute Gasteiger partial charge is 0.462 e. The van der Waals surface area contributed by atoms with Crippen LogP contribution in [0.5, 0.6) is 0 Å². The summed E-state index contributed by atoms with van der Waals surface area (Å²) in [4.78, 5) is 81.1. The maximum absolute atomic E-state index is 12.6. The maximum atomic E-state index is 12.6. The summed E-state index contributed by atoms with van der Waals surface area (Å²) in [6.45, 7) is 6.34. The van der Waals surface area contributed by atoms with Gasteiger partial charge >= 0.3 is 36.4 Å². The molecule has 0 heterocycles. The Morgan fingerprint density at radius 1 is 0.475 bits per heavy atom. The number of nitrogens with zero attached hydrogens (tertiary/aromatic N) is 2. The van der Waals surface area contributed by atoms with Crippen LogP contribution >= 0.6 is 0 Å². The van der Waals surface area contributed by atoms with Crippen LogP contribution in [0.4, 0.5) is 63.8 Å². The van der Waals surface area contributed by atoms with E-state index in [2.05, 4.69) is 52.1 Å². The van der Waals surface area contributed by atoms with Crippen molar-refractivity contribution in [3.63, 3.8) is 0 Å². The Hall–Kier alpha value is -7.92. The summed E-state index contributed by atoms with van der Waals surface area (Å²) >= 11 is 0. The first-order valence-corrected chi connectivity index (χ1v) is 18.5. The number of nitrogens with one attached hydrogen (secondary N) is 5. The SMILES string of the molecule is COC(=O)Nc1cc(NC(=O)OCCOC(=O)Cc2cc(N=C=Nc3ccc(C)c(NC(=O)OCCOC(=O)Nc4ccc(C)c(NC(=O)OC)c4)c3)ccc2C)ccc1C. The Bertz CT molecular complexity index is 2170. The third-order valence-corrected chi connectivity index (χ3v) is 8.42. The Labute approximate surface area is 350 Å². The van der Waals surface area contributed by atoms with E-state index in [4.69, 9.17) is 18.9 Å². The molecule has 61 heavy (non-hydrogen) atoms. The predicted octanol–water partition coefficient (Wildman–Crippen LogP) is 8.55. The monoisotopic (exact) mass is 839 g/mol. The molecule has 19 heteroatoms. The first-order valence-electron chi connectivity index (χ1n) is 18.5. The van der Waals surface area contributed by atoms with Gasteiger partial charge in [-0.15, -0.1) is 0 Å². The lowest BCUT2D eigenvalue weighted by atomic mass is 10.1. The first-order chi connectivity index (χ1) is 29.2. The highest BCUT2D eigenvalue weighted by Crippen LogP contribution is 2.24. The molecule has 0 fully saturated rings. The van der Waals surface area contributed by atoms with Gasteiger partial charge in [0, 0.05) is 28.4 Å². The molecule has 4 rings (SSSR count). The molecule has 5 amide bonds. The van der Waals surface area contributed by atoms with Crippen LogP contribution in [0.15, 0.2) is 82.8 Å². The number of amides is 5. The van der Waals surface area contributed by atoms with Gasteiger partial charge in [0.25, 0.3) is 0 Å². The number of hydrogen-bond donors (Lipinski definition) is 5. The van der Waals surface area contributed by atoms with Crippen molar-refractivity contribution >= 4 is 82.3 Å². The van der Waals surface area contributed by atoms with Crippen molar-refractivity contribution in [2.24, 2.45) is 9.98 Å². The van der Waals surface area contributed by atoms with Gasteiger partial charge in [0.05, 0.1) is 32.0 Å². The average molecular weight is 840 g/mol. The summed E-state index contributed by atoms with van der Waals surface area (Å²) < 4.78 is 29.8. The van der Waals surface area contributed by atoms with E-state index in [0.717, 1.165) is 22.3 Å². The van der Waals surface area contributed by atoms with Gasteiger partial charge in [0.2, 0.25) is 0 Å². The number of hydrogen-bond acceptors (Lipinski definition) is 14. The number of carbonyl (C=O) groups excluding carboxylic acids is 6. The number of carbonyl (C=O) groups is 6. The molecule has 0 saturated heterocycles. The summed E-state index contributed by atoms with van der Waals surface area (Å²) in [5.74, 6) is -0.542. The minimum Gasteiger partial charge on any atom is -0.462 e. The zero-order valence-electron chi connectivity index (χ0n) is 34.3. The Kier molecular flexibility index (Phi) is 17.2. The van der Waals surface area contributed by atoms with E-state index in [-0.39, 0.29) is 32.8 Å². The number of methoxy groups -OCH3 is 2. The van der Waals surface area contributed by atoms with E-state index in [0.29, 0.717) is 45.4 Å². The highest BCUT2D eigenvalue weighted by Gasteiger charge is 2.13. The van der Waals surface area contributed by atoms with E-state index < -0.39 is 36.4 Å². The van der Waals surface area contributed by atoms with Gasteiger partial charge in [-0.25, -0.2) is 24.0 Å². The molecule has 5 N–H and O–H groups in total. The third kappa shape index (κ3) is 15.4. The number of benzene rings is 4. The normalized spacial score (nSPS) is 10.1. The molecule has 0 aliphatic carbocycles. The smallest absolute Gasteiger partial charge is 0.411 e. The van der Waals surface area contributed by atoms with Gasteiger partial charge in [-0.2, -0.15) is 9.98 Å². The molecule has 0 unspecified atom stereocenters. The van der Waals surface area contributed by atoms with Gasteiger partial charge in [-0.05, 0) is 104 Å². The quantitative estimate of drug-likeness (QED) is 0.0327. The summed E-state index contributed by atoms with van der Waals surface area (Å²) in [7, 11) is 2.48. The van der Waals surface area contributed by atoms with Crippen molar-refractivity contribution in [2.45, 2.75) is 34.1 Å². The fourth-order valence-electron chi connectivity index (χ4n) is 5.08. The Morgan fingerprint density at radius 3 is 1.36 bits per heavy atom. The van der Waals surface area contributed by atoms with E-state index in [9.17, 15) is 28.8 Å². The topological polar surface area (TPSA) is 243 Å². The summed E-state index contributed by atoms with van der Waals surface area (Å²) in [5.41, 5.74) is 6.66. The second-order valence-electron chi connectivity index (χ2n) is 12.9. The lowest BCUT2D eigenvalue weighted by molar-refractivity contribution is -0.143. The van der Waals surface area contributed by atoms with Crippen LogP contribution in [-0.2, 0) is 39.6 Å². The second kappa shape index (κ2) is 22.9. The van der Waals surface area contributed by atoms with Gasteiger partial charge in [-0.1, -0.05) is 24.3 Å². The molecule has 0 aliphatic rings. The minimum atomic E-state index is -0.792. The average Bonchev–Trinajstić information content (AvgIpc) is 3.22. The highest BCUT2D eigenvalue weighted by atomic mass is 16.6. The van der Waals surface area contributed by atoms with Gasteiger partial charge in [-0.3, -0.25) is 31.4 Å². The molecule has 0 bridgehead atoms. The van der Waals surface area contributed by atoms with Crippen LogP contribution < -0.4 is 26.6 Å². The lowest BCUT2D eigenvalue weighted by Crippen LogP contribution is -2.20. The van der Waals surface area contributed by atoms with Crippen molar-refractivity contribution in [3.05, 3.63) is 101 Å². The molecule has 0 saturated carbocycles. The predicted molar refractivity (Wildman–Crippen MR) is 226 cm³/mol. The molecule has 0 aliphatic heterocycles. The number of anilines is 5. The molecule has 0 aromatic heterocycles. The summed E-state index contributed by atoms with van der Waals surface area (Å²) in [6, 6.07) is 22.6. The highest BCUT2D eigenvalue weighted by molar-refractivity contribution is 5.91. The number of aliphatic imine (C=N–C) groups is 2. The molecule has 0 atom stereocenters. The third-order valence-electron chi connectivity index (χ3n) is 8.42.